The minimum atomic E-state index is 0.236. The van der Waals surface area contributed by atoms with Gasteiger partial charge in [0.05, 0.1) is 6.33 Å². The molecule has 2 aromatic heterocycles. The van der Waals surface area contributed by atoms with Crippen LogP contribution >= 0.6 is 0 Å². The number of nitrogens with zero attached hydrogens (tertiary/aromatic N) is 3. The second-order valence-corrected chi connectivity index (χ2v) is 5.40. The molecule has 2 N–H and O–H groups in total. The zero-order valence-electron chi connectivity index (χ0n) is 12.0. The number of hydrogen-bond donors (Lipinski definition) is 2. The van der Waals surface area contributed by atoms with Gasteiger partial charge in [0.15, 0.2) is 5.65 Å². The Labute approximate surface area is 118 Å². The van der Waals surface area contributed by atoms with Crippen molar-refractivity contribution >= 4 is 17.1 Å². The average molecular weight is 275 g/mol. The molecule has 2 aromatic rings. The molecule has 0 aliphatic heterocycles. The Balaban J connectivity index is 1.90. The van der Waals surface area contributed by atoms with Crippen LogP contribution in [0.4, 0.5) is 5.95 Å². The van der Waals surface area contributed by atoms with Gasteiger partial charge in [0, 0.05) is 6.54 Å². The SMILES string of the molecule is CCNc1nc(OC2CCCCC2C)c2[nH]cnc2n1. The second-order valence-electron chi connectivity index (χ2n) is 5.40. The number of anilines is 1. The Bertz CT molecular complexity index is 582. The fourth-order valence-electron chi connectivity index (χ4n) is 2.73. The van der Waals surface area contributed by atoms with Gasteiger partial charge >= 0.3 is 0 Å². The molecule has 0 saturated heterocycles. The molecular formula is C14H21N5O. The third-order valence-corrected chi connectivity index (χ3v) is 3.88. The van der Waals surface area contributed by atoms with Gasteiger partial charge < -0.3 is 15.0 Å². The number of rotatable bonds is 4. The van der Waals surface area contributed by atoms with Crippen molar-refractivity contribution in [1.82, 2.24) is 19.9 Å². The number of nitrogens with one attached hydrogen (secondary N) is 2. The molecule has 6 nitrogen and oxygen atoms in total. The van der Waals surface area contributed by atoms with Gasteiger partial charge in [0.1, 0.15) is 11.6 Å². The monoisotopic (exact) mass is 275 g/mol. The smallest absolute Gasteiger partial charge is 0.245 e. The molecule has 108 valence electrons. The molecule has 20 heavy (non-hydrogen) atoms. The summed E-state index contributed by atoms with van der Waals surface area (Å²) in [7, 11) is 0. The van der Waals surface area contributed by atoms with E-state index in [9.17, 15) is 0 Å². The van der Waals surface area contributed by atoms with Crippen molar-refractivity contribution in [2.45, 2.75) is 45.6 Å². The van der Waals surface area contributed by atoms with Crippen molar-refractivity contribution in [2.75, 3.05) is 11.9 Å². The first-order valence-corrected chi connectivity index (χ1v) is 7.39. The van der Waals surface area contributed by atoms with E-state index in [1.807, 2.05) is 6.92 Å². The molecule has 2 atom stereocenters. The van der Waals surface area contributed by atoms with Gasteiger partial charge in [-0.2, -0.15) is 9.97 Å². The van der Waals surface area contributed by atoms with Crippen molar-refractivity contribution in [3.8, 4) is 5.88 Å². The molecule has 0 spiro atoms. The van der Waals surface area contributed by atoms with Crippen molar-refractivity contribution in [2.24, 2.45) is 5.92 Å². The van der Waals surface area contributed by atoms with Crippen molar-refractivity contribution in [3.05, 3.63) is 6.33 Å². The standard InChI is InChI=1S/C14H21N5O/c1-3-15-14-18-12-11(16-8-17-12)13(19-14)20-10-7-5-4-6-9(10)2/h8-10H,3-7H2,1-2H3,(H2,15,16,17,18,19). The highest BCUT2D eigenvalue weighted by atomic mass is 16.5. The van der Waals surface area contributed by atoms with E-state index < -0.39 is 0 Å². The first-order chi connectivity index (χ1) is 9.78. The van der Waals surface area contributed by atoms with Crippen LogP contribution in [0.1, 0.15) is 39.5 Å². The zero-order valence-corrected chi connectivity index (χ0v) is 12.0. The number of aromatic nitrogens is 4. The number of imidazole rings is 1. The summed E-state index contributed by atoms with van der Waals surface area (Å²) in [5.74, 6) is 1.76. The predicted molar refractivity (Wildman–Crippen MR) is 77.9 cm³/mol. The van der Waals surface area contributed by atoms with Crippen LogP contribution in [-0.2, 0) is 0 Å². The molecule has 0 bridgehead atoms. The lowest BCUT2D eigenvalue weighted by Crippen LogP contribution is -2.28. The van der Waals surface area contributed by atoms with Crippen LogP contribution in [0, 0.1) is 5.92 Å². The molecule has 0 radical (unpaired) electrons. The number of aromatic amines is 1. The van der Waals surface area contributed by atoms with Gasteiger partial charge in [0.2, 0.25) is 11.8 Å². The summed E-state index contributed by atoms with van der Waals surface area (Å²) in [6, 6.07) is 0. The van der Waals surface area contributed by atoms with Crippen LogP contribution in [0.3, 0.4) is 0 Å². The number of hydrogen-bond acceptors (Lipinski definition) is 5. The number of fused-ring (bicyclic) bond motifs is 1. The van der Waals surface area contributed by atoms with Crippen LogP contribution < -0.4 is 10.1 Å². The van der Waals surface area contributed by atoms with E-state index in [2.05, 4.69) is 32.2 Å². The van der Waals surface area contributed by atoms with Gasteiger partial charge in [0.25, 0.3) is 0 Å². The molecular weight excluding hydrogens is 254 g/mol. The maximum absolute atomic E-state index is 6.16. The summed E-state index contributed by atoms with van der Waals surface area (Å²) in [6.45, 7) is 5.04. The summed E-state index contributed by atoms with van der Waals surface area (Å²) < 4.78 is 6.16. The number of ether oxygens (including phenoxy) is 1. The first-order valence-electron chi connectivity index (χ1n) is 7.39. The predicted octanol–water partition coefficient (Wildman–Crippen LogP) is 2.74. The highest BCUT2D eigenvalue weighted by molar-refractivity contribution is 5.76. The van der Waals surface area contributed by atoms with E-state index >= 15 is 0 Å². The Morgan fingerprint density at radius 3 is 3.00 bits per heavy atom. The molecule has 0 amide bonds. The molecule has 1 fully saturated rings. The van der Waals surface area contributed by atoms with Crippen LogP contribution in [0.5, 0.6) is 5.88 Å². The normalized spacial score (nSPS) is 22.9. The van der Waals surface area contributed by atoms with E-state index in [1.165, 1.54) is 19.3 Å². The van der Waals surface area contributed by atoms with Crippen LogP contribution in [-0.4, -0.2) is 32.6 Å². The second kappa shape index (κ2) is 5.64. The summed E-state index contributed by atoms with van der Waals surface area (Å²) in [5.41, 5.74) is 1.43. The van der Waals surface area contributed by atoms with E-state index in [4.69, 9.17) is 4.74 Å². The van der Waals surface area contributed by atoms with Crippen LogP contribution in [0.25, 0.3) is 11.2 Å². The van der Waals surface area contributed by atoms with Gasteiger partial charge in [-0.25, -0.2) is 4.98 Å². The number of H-pyrrole nitrogens is 1. The summed E-state index contributed by atoms with van der Waals surface area (Å²) >= 11 is 0. The minimum absolute atomic E-state index is 0.236. The highest BCUT2D eigenvalue weighted by Crippen LogP contribution is 2.30. The Morgan fingerprint density at radius 1 is 1.35 bits per heavy atom. The quantitative estimate of drug-likeness (QED) is 0.897. The van der Waals surface area contributed by atoms with Crippen molar-refractivity contribution < 1.29 is 4.74 Å². The molecule has 6 heteroatoms. The molecule has 1 saturated carbocycles. The lowest BCUT2D eigenvalue weighted by Gasteiger charge is -2.28. The fraction of sp³-hybridized carbons (Fsp3) is 0.643. The van der Waals surface area contributed by atoms with E-state index in [-0.39, 0.29) is 6.10 Å². The molecule has 2 heterocycles. The van der Waals surface area contributed by atoms with Gasteiger partial charge in [-0.15, -0.1) is 0 Å². The lowest BCUT2D eigenvalue weighted by atomic mass is 9.88. The lowest BCUT2D eigenvalue weighted by molar-refractivity contribution is 0.0992. The molecule has 2 unspecified atom stereocenters. The summed E-state index contributed by atoms with van der Waals surface area (Å²) in [6.07, 6.45) is 6.71. The minimum Gasteiger partial charge on any atom is -0.472 e. The van der Waals surface area contributed by atoms with Crippen molar-refractivity contribution in [3.63, 3.8) is 0 Å². The van der Waals surface area contributed by atoms with Crippen LogP contribution in [0.2, 0.25) is 0 Å². The van der Waals surface area contributed by atoms with E-state index in [1.54, 1.807) is 6.33 Å². The van der Waals surface area contributed by atoms with E-state index in [0.717, 1.165) is 18.5 Å². The fourth-order valence-corrected chi connectivity index (χ4v) is 2.73. The largest absolute Gasteiger partial charge is 0.472 e. The Morgan fingerprint density at radius 2 is 2.20 bits per heavy atom. The van der Waals surface area contributed by atoms with E-state index in [0.29, 0.717) is 23.4 Å². The summed E-state index contributed by atoms with van der Waals surface area (Å²) in [5, 5.41) is 3.12. The third-order valence-electron chi connectivity index (χ3n) is 3.88. The van der Waals surface area contributed by atoms with Crippen LogP contribution in [0.15, 0.2) is 6.33 Å². The maximum atomic E-state index is 6.16. The molecule has 1 aliphatic carbocycles. The molecule has 3 rings (SSSR count). The average Bonchev–Trinajstić information content (AvgIpc) is 2.90. The zero-order chi connectivity index (χ0) is 13.9. The van der Waals surface area contributed by atoms with Gasteiger partial charge in [-0.3, -0.25) is 0 Å². The Hall–Kier alpha value is -1.85. The first kappa shape index (κ1) is 13.1. The highest BCUT2D eigenvalue weighted by Gasteiger charge is 2.24. The Kier molecular flexibility index (Phi) is 3.71. The van der Waals surface area contributed by atoms with Gasteiger partial charge in [-0.1, -0.05) is 13.3 Å². The third kappa shape index (κ3) is 2.55. The molecule has 0 aromatic carbocycles. The summed E-state index contributed by atoms with van der Waals surface area (Å²) in [4.78, 5) is 16.1. The topological polar surface area (TPSA) is 75.7 Å². The van der Waals surface area contributed by atoms with Crippen molar-refractivity contribution in [1.29, 1.82) is 0 Å². The maximum Gasteiger partial charge on any atom is 0.245 e. The molecule has 1 aliphatic rings. The van der Waals surface area contributed by atoms with Gasteiger partial charge in [-0.05, 0) is 32.1 Å².